The van der Waals surface area contributed by atoms with Gasteiger partial charge in [-0.15, -0.1) is 0 Å². The maximum atomic E-state index is 12.2. The molecule has 0 aliphatic rings. The summed E-state index contributed by atoms with van der Waals surface area (Å²) in [5, 5.41) is 11.6. The highest BCUT2D eigenvalue weighted by atomic mass is 32.2. The fourth-order valence-corrected chi connectivity index (χ4v) is 2.99. The first-order valence-electron chi connectivity index (χ1n) is 6.84. The highest BCUT2D eigenvalue weighted by Crippen LogP contribution is 2.12. The van der Waals surface area contributed by atoms with E-state index < -0.39 is 22.0 Å². The lowest BCUT2D eigenvalue weighted by molar-refractivity contribution is -0.139. The van der Waals surface area contributed by atoms with Gasteiger partial charge < -0.3 is 10.4 Å². The van der Waals surface area contributed by atoms with Gasteiger partial charge in [0.15, 0.2) is 0 Å². The van der Waals surface area contributed by atoms with Crippen molar-refractivity contribution >= 4 is 21.9 Å². The minimum Gasteiger partial charge on any atom is -0.480 e. The van der Waals surface area contributed by atoms with Gasteiger partial charge in [-0.25, -0.2) is 8.42 Å². The maximum absolute atomic E-state index is 12.2. The first kappa shape index (κ1) is 18.1. The van der Waals surface area contributed by atoms with E-state index in [9.17, 15) is 18.0 Å². The van der Waals surface area contributed by atoms with Crippen molar-refractivity contribution in [2.24, 2.45) is 0 Å². The maximum Gasteiger partial charge on any atom is 0.321 e. The summed E-state index contributed by atoms with van der Waals surface area (Å²) in [6, 6.07) is 4.70. The molecular formula is C14H20N2O5S. The van der Waals surface area contributed by atoms with Crippen LogP contribution in [0.1, 0.15) is 25.3 Å². The topological polar surface area (TPSA) is 113 Å². The lowest BCUT2D eigenvalue weighted by Gasteiger charge is -2.14. The molecule has 1 unspecified atom stereocenters. The van der Waals surface area contributed by atoms with Gasteiger partial charge in [0.05, 0.1) is 4.90 Å². The molecule has 0 saturated carbocycles. The number of carbonyl (C=O) groups is 2. The van der Waals surface area contributed by atoms with Crippen LogP contribution >= 0.6 is 0 Å². The highest BCUT2D eigenvalue weighted by Gasteiger charge is 2.25. The van der Waals surface area contributed by atoms with Crippen molar-refractivity contribution in [3.05, 3.63) is 29.8 Å². The summed E-state index contributed by atoms with van der Waals surface area (Å²) in [4.78, 5) is 22.5. The van der Waals surface area contributed by atoms with Gasteiger partial charge in [0.1, 0.15) is 6.04 Å². The molecule has 0 aliphatic heterocycles. The zero-order chi connectivity index (χ0) is 16.8. The van der Waals surface area contributed by atoms with Crippen molar-refractivity contribution in [1.82, 2.24) is 10.0 Å². The molecule has 122 valence electrons. The largest absolute Gasteiger partial charge is 0.480 e. The Bertz CT molecular complexity index is 625. The number of hydrogen-bond acceptors (Lipinski definition) is 4. The number of sulfonamides is 1. The first-order valence-corrected chi connectivity index (χ1v) is 8.33. The van der Waals surface area contributed by atoms with E-state index in [1.165, 1.54) is 12.1 Å². The zero-order valence-electron chi connectivity index (χ0n) is 12.5. The molecule has 0 radical (unpaired) electrons. The molecular weight excluding hydrogens is 308 g/mol. The molecule has 0 fully saturated rings. The number of amides is 1. The molecule has 0 aliphatic carbocycles. The predicted molar refractivity (Wildman–Crippen MR) is 80.8 cm³/mol. The third-order valence-corrected chi connectivity index (χ3v) is 4.45. The highest BCUT2D eigenvalue weighted by molar-refractivity contribution is 7.89. The minimum absolute atomic E-state index is 0.0117. The van der Waals surface area contributed by atoms with Crippen molar-refractivity contribution in [1.29, 1.82) is 0 Å². The molecule has 8 heteroatoms. The van der Waals surface area contributed by atoms with Gasteiger partial charge in [-0.1, -0.05) is 17.7 Å². The summed E-state index contributed by atoms with van der Waals surface area (Å²) in [5.74, 6) is -1.64. The summed E-state index contributed by atoms with van der Waals surface area (Å²) in [5.41, 5.74) is 0.893. The second-order valence-electron chi connectivity index (χ2n) is 4.82. The SMILES string of the molecule is CCNC(=O)CCC(NS(=O)(=O)c1ccc(C)cc1)C(=O)O. The number of carbonyl (C=O) groups excluding carboxylic acids is 1. The standard InChI is InChI=1S/C14H20N2O5S/c1-3-15-13(17)9-8-12(14(18)19)16-22(20,21)11-6-4-10(2)5-7-11/h4-7,12,16H,3,8-9H2,1-2H3,(H,15,17)(H,18,19). The van der Waals surface area contributed by atoms with Gasteiger partial charge in [-0.05, 0) is 32.4 Å². The number of aliphatic carboxylic acids is 1. The Morgan fingerprint density at radius 3 is 2.32 bits per heavy atom. The number of nitrogens with one attached hydrogen (secondary N) is 2. The van der Waals surface area contributed by atoms with Gasteiger partial charge >= 0.3 is 5.97 Å². The second kappa shape index (κ2) is 7.90. The first-order chi connectivity index (χ1) is 10.3. The summed E-state index contributed by atoms with van der Waals surface area (Å²) < 4.78 is 26.4. The summed E-state index contributed by atoms with van der Waals surface area (Å²) in [7, 11) is -3.94. The van der Waals surface area contributed by atoms with Gasteiger partial charge in [0, 0.05) is 13.0 Å². The Morgan fingerprint density at radius 2 is 1.82 bits per heavy atom. The normalized spacial score (nSPS) is 12.6. The Morgan fingerprint density at radius 1 is 1.23 bits per heavy atom. The van der Waals surface area contributed by atoms with E-state index in [1.54, 1.807) is 19.1 Å². The molecule has 0 saturated heterocycles. The number of carboxylic acids is 1. The lowest BCUT2D eigenvalue weighted by atomic mass is 10.1. The van der Waals surface area contributed by atoms with Gasteiger partial charge in [0.25, 0.3) is 0 Å². The van der Waals surface area contributed by atoms with Crippen LogP contribution in [0.5, 0.6) is 0 Å². The van der Waals surface area contributed by atoms with Crippen LogP contribution in [0.4, 0.5) is 0 Å². The van der Waals surface area contributed by atoms with Crippen LogP contribution in [0.15, 0.2) is 29.2 Å². The van der Waals surface area contributed by atoms with Crippen molar-refractivity contribution in [3.8, 4) is 0 Å². The van der Waals surface area contributed by atoms with Crippen molar-refractivity contribution in [2.45, 2.75) is 37.6 Å². The van der Waals surface area contributed by atoms with Crippen molar-refractivity contribution in [3.63, 3.8) is 0 Å². The Balaban J connectivity index is 2.79. The average Bonchev–Trinajstić information content (AvgIpc) is 2.44. The lowest BCUT2D eigenvalue weighted by Crippen LogP contribution is -2.41. The number of rotatable bonds is 8. The molecule has 1 atom stereocenters. The number of carboxylic acid groups (broad SMARTS) is 1. The van der Waals surface area contributed by atoms with Crippen LogP contribution < -0.4 is 10.0 Å². The molecule has 1 rings (SSSR count). The second-order valence-corrected chi connectivity index (χ2v) is 6.53. The fraction of sp³-hybridized carbons (Fsp3) is 0.429. The zero-order valence-corrected chi connectivity index (χ0v) is 13.3. The van der Waals surface area contributed by atoms with E-state index in [1.807, 2.05) is 6.92 Å². The number of hydrogen-bond donors (Lipinski definition) is 3. The fourth-order valence-electron chi connectivity index (χ4n) is 1.77. The molecule has 0 spiro atoms. The molecule has 3 N–H and O–H groups in total. The summed E-state index contributed by atoms with van der Waals surface area (Å²) >= 11 is 0. The molecule has 0 aromatic heterocycles. The minimum atomic E-state index is -3.94. The quantitative estimate of drug-likeness (QED) is 0.648. The molecule has 1 aromatic rings. The van der Waals surface area contributed by atoms with E-state index in [-0.39, 0.29) is 23.6 Å². The predicted octanol–water partition coefficient (Wildman–Crippen LogP) is 0.643. The van der Waals surface area contributed by atoms with E-state index in [2.05, 4.69) is 10.0 Å². The van der Waals surface area contributed by atoms with Crippen molar-refractivity contribution < 1.29 is 23.1 Å². The molecule has 7 nitrogen and oxygen atoms in total. The van der Waals surface area contributed by atoms with Gasteiger partial charge in [-0.3, -0.25) is 9.59 Å². The van der Waals surface area contributed by atoms with Crippen LogP contribution in [-0.4, -0.2) is 38.0 Å². The van der Waals surface area contributed by atoms with Crippen LogP contribution in [0, 0.1) is 6.92 Å². The molecule has 0 heterocycles. The number of aryl methyl sites for hydroxylation is 1. The Kier molecular flexibility index (Phi) is 6.51. The van der Waals surface area contributed by atoms with Crippen LogP contribution in [0.3, 0.4) is 0 Å². The molecule has 22 heavy (non-hydrogen) atoms. The van der Waals surface area contributed by atoms with Crippen LogP contribution in [-0.2, 0) is 19.6 Å². The third-order valence-electron chi connectivity index (χ3n) is 2.96. The summed E-state index contributed by atoms with van der Waals surface area (Å²) in [6.45, 7) is 3.99. The van der Waals surface area contributed by atoms with Gasteiger partial charge in [0.2, 0.25) is 15.9 Å². The smallest absolute Gasteiger partial charge is 0.321 e. The number of benzene rings is 1. The molecule has 0 bridgehead atoms. The van der Waals surface area contributed by atoms with E-state index in [0.717, 1.165) is 5.56 Å². The average molecular weight is 328 g/mol. The molecule has 1 amide bonds. The monoisotopic (exact) mass is 328 g/mol. The van der Waals surface area contributed by atoms with Crippen LogP contribution in [0.2, 0.25) is 0 Å². The molecule has 1 aromatic carbocycles. The van der Waals surface area contributed by atoms with Crippen LogP contribution in [0.25, 0.3) is 0 Å². The van der Waals surface area contributed by atoms with E-state index in [0.29, 0.717) is 6.54 Å². The van der Waals surface area contributed by atoms with Crippen molar-refractivity contribution in [2.75, 3.05) is 6.54 Å². The van der Waals surface area contributed by atoms with Gasteiger partial charge in [-0.2, -0.15) is 4.72 Å². The summed E-state index contributed by atoms with van der Waals surface area (Å²) in [6.07, 6.45) is -0.187. The Hall–Kier alpha value is -1.93. The Labute approximate surface area is 129 Å². The van der Waals surface area contributed by atoms with E-state index >= 15 is 0 Å². The van der Waals surface area contributed by atoms with E-state index in [4.69, 9.17) is 5.11 Å². The third kappa shape index (κ3) is 5.45.